The summed E-state index contributed by atoms with van der Waals surface area (Å²) in [5.74, 6) is -0.112. The number of nitrogens with one attached hydrogen (secondary N) is 1. The number of nitrogens with zero attached hydrogens (tertiary/aromatic N) is 1. The zero-order chi connectivity index (χ0) is 13.4. The molecule has 2 aromatic rings. The van der Waals surface area contributed by atoms with Gasteiger partial charge in [0.25, 0.3) is 5.56 Å². The van der Waals surface area contributed by atoms with Gasteiger partial charge in [0.05, 0.1) is 5.52 Å². The zero-order valence-corrected chi connectivity index (χ0v) is 11.1. The number of fused-ring (bicyclic) bond motifs is 1. The lowest BCUT2D eigenvalue weighted by molar-refractivity contribution is 0.335. The first kappa shape index (κ1) is 12.6. The fraction of sp³-hybridized carbons (Fsp3) is 0.357. The summed E-state index contributed by atoms with van der Waals surface area (Å²) in [7, 11) is 0. The van der Waals surface area contributed by atoms with Crippen molar-refractivity contribution in [3.8, 4) is 0 Å². The van der Waals surface area contributed by atoms with E-state index in [1.54, 1.807) is 10.5 Å². The third-order valence-corrected chi connectivity index (χ3v) is 4.06. The fourth-order valence-corrected chi connectivity index (χ4v) is 2.85. The average molecular weight is 281 g/mol. The van der Waals surface area contributed by atoms with E-state index in [1.165, 1.54) is 12.1 Å². The molecule has 1 aromatic heterocycles. The number of aromatic nitrogens is 1. The Bertz CT molecular complexity index is 662. The molecule has 0 radical (unpaired) electrons. The number of H-pyrrole nitrogens is 1. The molecule has 0 unspecified atom stereocenters. The van der Waals surface area contributed by atoms with Gasteiger partial charge >= 0.3 is 0 Å². The van der Waals surface area contributed by atoms with Crippen LogP contribution in [0.15, 0.2) is 29.1 Å². The Morgan fingerprint density at radius 2 is 2.00 bits per heavy atom. The average Bonchev–Trinajstić information content (AvgIpc) is 2.39. The van der Waals surface area contributed by atoms with E-state index in [1.807, 2.05) is 6.07 Å². The van der Waals surface area contributed by atoms with E-state index in [4.69, 9.17) is 11.8 Å². The Labute approximate surface area is 115 Å². The molecule has 1 fully saturated rings. The van der Waals surface area contributed by atoms with Gasteiger partial charge in [0.15, 0.2) is 0 Å². The monoisotopic (exact) mass is 280 g/mol. The normalized spacial score (nSPS) is 18.0. The molecule has 2 heterocycles. The Morgan fingerprint density at radius 3 is 2.74 bits per heavy atom. The minimum atomic E-state index is -0.341. The molecule has 0 atom stereocenters. The van der Waals surface area contributed by atoms with Gasteiger partial charge in [-0.25, -0.2) is 8.81 Å². The van der Waals surface area contributed by atoms with Gasteiger partial charge < -0.3 is 4.98 Å². The number of piperidine rings is 1. The van der Waals surface area contributed by atoms with Gasteiger partial charge in [0.2, 0.25) is 0 Å². The van der Waals surface area contributed by atoms with Crippen molar-refractivity contribution in [3.63, 3.8) is 0 Å². The summed E-state index contributed by atoms with van der Waals surface area (Å²) >= 11 is 5.93. The molecule has 3 nitrogen and oxygen atoms in total. The molecule has 1 aliphatic heterocycles. The van der Waals surface area contributed by atoms with Crippen LogP contribution in [-0.2, 0) is 0 Å². The summed E-state index contributed by atoms with van der Waals surface area (Å²) in [6.45, 7) is 1.57. The van der Waals surface area contributed by atoms with Crippen LogP contribution in [0.25, 0.3) is 10.9 Å². The number of halogens is 2. The number of benzene rings is 1. The SMILES string of the molecule is O=c1[nH]c2cc(F)ccc2cc1C1CCN(Cl)CC1. The molecule has 0 amide bonds. The molecule has 1 N–H and O–H groups in total. The maximum atomic E-state index is 13.1. The number of rotatable bonds is 1. The molecule has 5 heteroatoms. The van der Waals surface area contributed by atoms with Crippen LogP contribution in [0.2, 0.25) is 0 Å². The Balaban J connectivity index is 2.02. The number of hydrogen-bond donors (Lipinski definition) is 1. The lowest BCUT2D eigenvalue weighted by Crippen LogP contribution is -2.28. The smallest absolute Gasteiger partial charge is 0.251 e. The highest BCUT2D eigenvalue weighted by molar-refractivity contribution is 6.13. The Morgan fingerprint density at radius 1 is 1.26 bits per heavy atom. The third kappa shape index (κ3) is 2.51. The molecule has 0 aliphatic carbocycles. The molecule has 0 saturated carbocycles. The highest BCUT2D eigenvalue weighted by atomic mass is 35.5. The van der Waals surface area contributed by atoms with E-state index < -0.39 is 0 Å². The quantitative estimate of drug-likeness (QED) is 0.815. The molecule has 100 valence electrons. The number of aromatic amines is 1. The van der Waals surface area contributed by atoms with Crippen molar-refractivity contribution in [3.05, 3.63) is 46.0 Å². The third-order valence-electron chi connectivity index (χ3n) is 3.72. The summed E-state index contributed by atoms with van der Waals surface area (Å²) in [4.78, 5) is 14.9. The minimum Gasteiger partial charge on any atom is -0.322 e. The first-order valence-electron chi connectivity index (χ1n) is 6.37. The summed E-state index contributed by atoms with van der Waals surface area (Å²) in [6, 6.07) is 6.33. The molecule has 1 aromatic carbocycles. The van der Waals surface area contributed by atoms with E-state index in [0.29, 0.717) is 5.52 Å². The van der Waals surface area contributed by atoms with Crippen LogP contribution >= 0.6 is 11.8 Å². The van der Waals surface area contributed by atoms with E-state index in [9.17, 15) is 9.18 Å². The van der Waals surface area contributed by atoms with Crippen molar-refractivity contribution in [2.24, 2.45) is 0 Å². The molecule has 1 saturated heterocycles. The van der Waals surface area contributed by atoms with Gasteiger partial charge in [0.1, 0.15) is 5.82 Å². The van der Waals surface area contributed by atoms with Crippen LogP contribution in [0.1, 0.15) is 24.3 Å². The highest BCUT2D eigenvalue weighted by Crippen LogP contribution is 2.27. The van der Waals surface area contributed by atoms with Crippen molar-refractivity contribution < 1.29 is 4.39 Å². The maximum absolute atomic E-state index is 13.1. The van der Waals surface area contributed by atoms with Gasteiger partial charge in [-0.15, -0.1) is 0 Å². The summed E-state index contributed by atoms with van der Waals surface area (Å²) < 4.78 is 14.9. The van der Waals surface area contributed by atoms with E-state index >= 15 is 0 Å². The van der Waals surface area contributed by atoms with Gasteiger partial charge in [-0.05, 0) is 60.2 Å². The van der Waals surface area contributed by atoms with E-state index in [-0.39, 0.29) is 17.3 Å². The first-order chi connectivity index (χ1) is 9.13. The number of hydrogen-bond acceptors (Lipinski definition) is 2. The van der Waals surface area contributed by atoms with Crippen LogP contribution in [-0.4, -0.2) is 22.5 Å². The first-order valence-corrected chi connectivity index (χ1v) is 6.70. The van der Waals surface area contributed by atoms with Crippen LogP contribution in [0.4, 0.5) is 4.39 Å². The molecule has 3 rings (SSSR count). The van der Waals surface area contributed by atoms with Crippen molar-refractivity contribution in [2.75, 3.05) is 13.1 Å². The van der Waals surface area contributed by atoms with Gasteiger partial charge in [0, 0.05) is 18.7 Å². The predicted molar refractivity (Wildman–Crippen MR) is 73.9 cm³/mol. The van der Waals surface area contributed by atoms with Gasteiger partial charge in [-0.2, -0.15) is 0 Å². The van der Waals surface area contributed by atoms with E-state index in [2.05, 4.69) is 4.98 Å². The van der Waals surface area contributed by atoms with Crippen LogP contribution in [0, 0.1) is 5.82 Å². The van der Waals surface area contributed by atoms with Crippen molar-refractivity contribution in [1.29, 1.82) is 0 Å². The van der Waals surface area contributed by atoms with Crippen molar-refractivity contribution >= 4 is 22.7 Å². The van der Waals surface area contributed by atoms with Crippen LogP contribution in [0.3, 0.4) is 0 Å². The number of pyridine rings is 1. The van der Waals surface area contributed by atoms with Crippen molar-refractivity contribution in [2.45, 2.75) is 18.8 Å². The second-order valence-corrected chi connectivity index (χ2v) is 5.45. The highest BCUT2D eigenvalue weighted by Gasteiger charge is 2.22. The summed E-state index contributed by atoms with van der Waals surface area (Å²) in [5, 5.41) is 0.865. The molecular weight excluding hydrogens is 267 g/mol. The standard InChI is InChI=1S/C14H14ClFN2O/c15-18-5-3-9(4-6-18)12-7-10-1-2-11(16)8-13(10)17-14(12)19/h1-2,7-9H,3-6H2,(H,17,19). The Kier molecular flexibility index (Phi) is 3.29. The van der Waals surface area contributed by atoms with Crippen molar-refractivity contribution in [1.82, 2.24) is 9.40 Å². The lowest BCUT2D eigenvalue weighted by Gasteiger charge is -2.26. The largest absolute Gasteiger partial charge is 0.322 e. The van der Waals surface area contributed by atoms with Crippen LogP contribution in [0.5, 0.6) is 0 Å². The maximum Gasteiger partial charge on any atom is 0.251 e. The fourth-order valence-electron chi connectivity index (χ4n) is 2.65. The molecule has 19 heavy (non-hydrogen) atoms. The second kappa shape index (κ2) is 4.94. The molecule has 1 aliphatic rings. The zero-order valence-electron chi connectivity index (χ0n) is 10.3. The van der Waals surface area contributed by atoms with E-state index in [0.717, 1.165) is 36.9 Å². The van der Waals surface area contributed by atoms with Gasteiger partial charge in [-0.3, -0.25) is 4.79 Å². The molecule has 0 bridgehead atoms. The second-order valence-electron chi connectivity index (χ2n) is 4.97. The topological polar surface area (TPSA) is 36.1 Å². The summed E-state index contributed by atoms with van der Waals surface area (Å²) in [6.07, 6.45) is 1.75. The molecule has 0 spiro atoms. The van der Waals surface area contributed by atoms with Crippen LogP contribution < -0.4 is 5.56 Å². The summed E-state index contributed by atoms with van der Waals surface area (Å²) in [5.41, 5.74) is 1.21. The predicted octanol–water partition coefficient (Wildman–Crippen LogP) is 3.00. The van der Waals surface area contributed by atoms with Gasteiger partial charge in [-0.1, -0.05) is 0 Å². The minimum absolute atomic E-state index is 0.119. The lowest BCUT2D eigenvalue weighted by atomic mass is 9.90. The molecular formula is C14H14ClFN2O. The Hall–Kier alpha value is -1.39.